The zero-order valence-electron chi connectivity index (χ0n) is 10.6. The minimum atomic E-state index is 0.152. The molecule has 4 rings (SSSR count). The summed E-state index contributed by atoms with van der Waals surface area (Å²) in [5.41, 5.74) is 0.945. The van der Waals surface area contributed by atoms with Gasteiger partial charge in [0.05, 0.1) is 0 Å². The van der Waals surface area contributed by atoms with E-state index in [-0.39, 0.29) is 5.28 Å². The molecule has 0 aliphatic heterocycles. The molecule has 3 aromatic heterocycles. The quantitative estimate of drug-likeness (QED) is 0.567. The SMILES string of the molecule is Clc1nc(-c2cccc3ccsc23)nc(-n2cccn2)n1. The number of nitrogens with zero attached hydrogens (tertiary/aromatic N) is 5. The van der Waals surface area contributed by atoms with Crippen molar-refractivity contribution in [2.45, 2.75) is 0 Å². The number of rotatable bonds is 2. The van der Waals surface area contributed by atoms with Gasteiger partial charge in [0.2, 0.25) is 5.28 Å². The van der Waals surface area contributed by atoms with Crippen molar-refractivity contribution in [3.05, 3.63) is 53.4 Å². The van der Waals surface area contributed by atoms with Crippen LogP contribution in [-0.2, 0) is 0 Å². The lowest BCUT2D eigenvalue weighted by Gasteiger charge is -2.05. The average molecular weight is 314 g/mol. The number of benzene rings is 1. The summed E-state index contributed by atoms with van der Waals surface area (Å²) in [6, 6.07) is 9.90. The highest BCUT2D eigenvalue weighted by molar-refractivity contribution is 7.17. The molecule has 0 radical (unpaired) electrons. The van der Waals surface area contributed by atoms with Gasteiger partial charge in [0, 0.05) is 22.7 Å². The van der Waals surface area contributed by atoms with E-state index < -0.39 is 0 Å². The van der Waals surface area contributed by atoms with Gasteiger partial charge in [0.25, 0.3) is 5.95 Å². The Labute approximate surface area is 128 Å². The highest BCUT2D eigenvalue weighted by Gasteiger charge is 2.12. The second kappa shape index (κ2) is 4.91. The minimum absolute atomic E-state index is 0.152. The third kappa shape index (κ3) is 2.18. The Bertz CT molecular complexity index is 916. The van der Waals surface area contributed by atoms with Crippen LogP contribution in [0.15, 0.2) is 48.1 Å². The molecule has 0 aliphatic carbocycles. The predicted octanol–water partition coefficient (Wildman–Crippen LogP) is 3.59. The van der Waals surface area contributed by atoms with Gasteiger partial charge >= 0.3 is 0 Å². The third-order valence-corrected chi connectivity index (χ3v) is 4.16. The van der Waals surface area contributed by atoms with Gasteiger partial charge in [0.1, 0.15) is 0 Å². The first-order chi connectivity index (χ1) is 10.3. The third-order valence-electron chi connectivity index (χ3n) is 3.03. The van der Waals surface area contributed by atoms with Gasteiger partial charge in [-0.3, -0.25) is 0 Å². The summed E-state index contributed by atoms with van der Waals surface area (Å²) in [5.74, 6) is 0.956. The van der Waals surface area contributed by atoms with Crippen LogP contribution in [0.1, 0.15) is 0 Å². The van der Waals surface area contributed by atoms with Crippen molar-refractivity contribution in [2.24, 2.45) is 0 Å². The summed E-state index contributed by atoms with van der Waals surface area (Å²) in [6.07, 6.45) is 3.43. The molecule has 3 heterocycles. The number of aromatic nitrogens is 5. The molecule has 0 N–H and O–H groups in total. The van der Waals surface area contributed by atoms with Crippen molar-refractivity contribution >= 4 is 33.0 Å². The van der Waals surface area contributed by atoms with Gasteiger partial charge in [-0.2, -0.15) is 20.1 Å². The summed E-state index contributed by atoms with van der Waals surface area (Å²) in [5, 5.41) is 7.48. The van der Waals surface area contributed by atoms with Gasteiger partial charge in [-0.25, -0.2) is 4.68 Å². The Morgan fingerprint density at radius 1 is 1.05 bits per heavy atom. The van der Waals surface area contributed by atoms with Crippen molar-refractivity contribution in [1.29, 1.82) is 0 Å². The molecule has 1 aromatic carbocycles. The molecular formula is C14H8ClN5S. The first-order valence-electron chi connectivity index (χ1n) is 6.19. The van der Waals surface area contributed by atoms with E-state index in [2.05, 4.69) is 32.2 Å². The normalized spacial score (nSPS) is 11.1. The van der Waals surface area contributed by atoms with Crippen molar-refractivity contribution < 1.29 is 0 Å². The van der Waals surface area contributed by atoms with Crippen LogP contribution in [0, 0.1) is 0 Å². The Morgan fingerprint density at radius 3 is 2.86 bits per heavy atom. The van der Waals surface area contributed by atoms with E-state index in [4.69, 9.17) is 11.6 Å². The Kier molecular flexibility index (Phi) is 2.90. The fourth-order valence-corrected chi connectivity index (χ4v) is 3.18. The second-order valence-corrected chi connectivity index (χ2v) is 5.58. The lowest BCUT2D eigenvalue weighted by atomic mass is 10.1. The van der Waals surface area contributed by atoms with E-state index in [0.717, 1.165) is 15.6 Å². The van der Waals surface area contributed by atoms with Gasteiger partial charge < -0.3 is 0 Å². The van der Waals surface area contributed by atoms with E-state index in [9.17, 15) is 0 Å². The molecule has 0 saturated carbocycles. The number of halogens is 1. The number of hydrogen-bond acceptors (Lipinski definition) is 5. The Balaban J connectivity index is 1.95. The van der Waals surface area contributed by atoms with Gasteiger partial charge in [0.15, 0.2) is 5.82 Å². The summed E-state index contributed by atoms with van der Waals surface area (Å²) in [7, 11) is 0. The fourth-order valence-electron chi connectivity index (χ4n) is 2.12. The molecule has 0 spiro atoms. The lowest BCUT2D eigenvalue weighted by molar-refractivity contribution is 0.798. The van der Waals surface area contributed by atoms with Gasteiger partial charge in [-0.1, -0.05) is 12.1 Å². The largest absolute Gasteiger partial charge is 0.255 e. The summed E-state index contributed by atoms with van der Waals surface area (Å²) >= 11 is 7.69. The Hall–Kier alpha value is -2.31. The van der Waals surface area contributed by atoms with Crippen LogP contribution < -0.4 is 0 Å². The molecule has 0 fully saturated rings. The van der Waals surface area contributed by atoms with Crippen LogP contribution in [0.3, 0.4) is 0 Å². The monoisotopic (exact) mass is 313 g/mol. The minimum Gasteiger partial charge on any atom is -0.206 e. The van der Waals surface area contributed by atoms with E-state index in [1.165, 1.54) is 0 Å². The maximum absolute atomic E-state index is 6.04. The van der Waals surface area contributed by atoms with Crippen LogP contribution >= 0.6 is 22.9 Å². The maximum atomic E-state index is 6.04. The smallest absolute Gasteiger partial charge is 0.206 e. The maximum Gasteiger partial charge on any atom is 0.255 e. The number of hydrogen-bond donors (Lipinski definition) is 0. The zero-order chi connectivity index (χ0) is 14.2. The van der Waals surface area contributed by atoms with E-state index in [0.29, 0.717) is 11.8 Å². The molecule has 5 nitrogen and oxygen atoms in total. The van der Waals surface area contributed by atoms with Gasteiger partial charge in [-0.15, -0.1) is 11.3 Å². The van der Waals surface area contributed by atoms with Crippen LogP contribution in [0.4, 0.5) is 0 Å². The molecule has 0 aliphatic rings. The van der Waals surface area contributed by atoms with Gasteiger partial charge in [-0.05, 0) is 40.6 Å². The van der Waals surface area contributed by atoms with Crippen LogP contribution in [0.25, 0.3) is 27.4 Å². The molecular weight excluding hydrogens is 306 g/mol. The van der Waals surface area contributed by atoms with Crippen LogP contribution in [-0.4, -0.2) is 24.7 Å². The van der Waals surface area contributed by atoms with Crippen molar-refractivity contribution in [3.63, 3.8) is 0 Å². The first kappa shape index (κ1) is 12.4. The number of fused-ring (bicyclic) bond motifs is 1. The molecule has 0 bridgehead atoms. The molecule has 4 aromatic rings. The summed E-state index contributed by atoms with van der Waals surface area (Å²) in [6.45, 7) is 0. The van der Waals surface area contributed by atoms with Crippen molar-refractivity contribution in [2.75, 3.05) is 0 Å². The first-order valence-corrected chi connectivity index (χ1v) is 7.45. The predicted molar refractivity (Wildman–Crippen MR) is 82.8 cm³/mol. The van der Waals surface area contributed by atoms with Crippen molar-refractivity contribution in [3.8, 4) is 17.3 Å². The van der Waals surface area contributed by atoms with E-state index >= 15 is 0 Å². The molecule has 0 amide bonds. The average Bonchev–Trinajstić information content (AvgIpc) is 3.17. The molecule has 102 valence electrons. The Morgan fingerprint density at radius 2 is 2.00 bits per heavy atom. The highest BCUT2D eigenvalue weighted by atomic mass is 35.5. The van der Waals surface area contributed by atoms with Crippen molar-refractivity contribution in [1.82, 2.24) is 24.7 Å². The molecule has 0 unspecified atom stereocenters. The topological polar surface area (TPSA) is 56.5 Å². The van der Waals surface area contributed by atoms with Crippen LogP contribution in [0.5, 0.6) is 0 Å². The van der Waals surface area contributed by atoms with E-state index in [1.54, 1.807) is 34.5 Å². The second-order valence-electron chi connectivity index (χ2n) is 4.32. The molecule has 0 saturated heterocycles. The summed E-state index contributed by atoms with van der Waals surface area (Å²) < 4.78 is 2.69. The number of thiophene rings is 1. The lowest BCUT2D eigenvalue weighted by Crippen LogP contribution is -2.05. The summed E-state index contributed by atoms with van der Waals surface area (Å²) in [4.78, 5) is 12.8. The standard InChI is InChI=1S/C14H8ClN5S/c15-13-17-12(18-14(19-13)20-7-2-6-16-20)10-4-1-3-9-5-8-21-11(9)10/h1-8H. The molecule has 7 heteroatoms. The molecule has 21 heavy (non-hydrogen) atoms. The zero-order valence-corrected chi connectivity index (χ0v) is 12.2. The highest BCUT2D eigenvalue weighted by Crippen LogP contribution is 2.31. The van der Waals surface area contributed by atoms with Crippen LogP contribution in [0.2, 0.25) is 5.28 Å². The molecule has 0 atom stereocenters. The van der Waals surface area contributed by atoms with E-state index in [1.807, 2.05) is 17.5 Å². The fraction of sp³-hybridized carbons (Fsp3) is 0.